The highest BCUT2D eigenvalue weighted by molar-refractivity contribution is 5.81. The summed E-state index contributed by atoms with van der Waals surface area (Å²) in [6.07, 6.45) is 5.59. The molecular weight excluding hydrogens is 278 g/mol. The maximum atomic E-state index is 12.0. The summed E-state index contributed by atoms with van der Waals surface area (Å²) in [5, 5.41) is 2.87. The van der Waals surface area contributed by atoms with Crippen molar-refractivity contribution in [3.8, 4) is 0 Å². The van der Waals surface area contributed by atoms with E-state index in [0.29, 0.717) is 6.54 Å². The van der Waals surface area contributed by atoms with E-state index < -0.39 is 0 Å². The fourth-order valence-electron chi connectivity index (χ4n) is 2.77. The molecule has 0 bridgehead atoms. The van der Waals surface area contributed by atoms with Crippen LogP contribution in [0.1, 0.15) is 19.7 Å². The quantitative estimate of drug-likeness (QED) is 0.754. The maximum absolute atomic E-state index is 12.0. The van der Waals surface area contributed by atoms with E-state index in [1.165, 1.54) is 0 Å². The van der Waals surface area contributed by atoms with Gasteiger partial charge in [-0.25, -0.2) is 4.98 Å². The van der Waals surface area contributed by atoms with Crippen molar-refractivity contribution in [2.45, 2.75) is 33.0 Å². The first kappa shape index (κ1) is 16.7. The van der Waals surface area contributed by atoms with Crippen molar-refractivity contribution in [3.05, 3.63) is 30.9 Å². The van der Waals surface area contributed by atoms with Crippen LogP contribution in [-0.4, -0.2) is 64.0 Å². The molecule has 22 heavy (non-hydrogen) atoms. The number of imidazole rings is 1. The van der Waals surface area contributed by atoms with E-state index in [9.17, 15) is 4.79 Å². The molecule has 2 rings (SSSR count). The van der Waals surface area contributed by atoms with Crippen LogP contribution >= 0.6 is 0 Å². The highest BCUT2D eigenvalue weighted by Gasteiger charge is 2.25. The normalized spacial score (nSPS) is 18.1. The number of amides is 1. The highest BCUT2D eigenvalue weighted by Crippen LogP contribution is 2.10. The van der Waals surface area contributed by atoms with Gasteiger partial charge in [0.2, 0.25) is 5.91 Å². The zero-order chi connectivity index (χ0) is 15.9. The summed E-state index contributed by atoms with van der Waals surface area (Å²) in [5.41, 5.74) is 0. The predicted octanol–water partition coefficient (Wildman–Crippen LogP) is 0.711. The van der Waals surface area contributed by atoms with Crippen LogP contribution in [0.4, 0.5) is 0 Å². The van der Waals surface area contributed by atoms with Crippen molar-refractivity contribution in [2.75, 3.05) is 32.7 Å². The molecule has 6 heteroatoms. The lowest BCUT2D eigenvalue weighted by molar-refractivity contribution is -0.126. The molecule has 1 atom stereocenters. The molecule has 0 saturated carbocycles. The highest BCUT2D eigenvalue weighted by atomic mass is 16.2. The smallest absolute Gasteiger partial charge is 0.237 e. The number of rotatable bonds is 7. The van der Waals surface area contributed by atoms with Crippen molar-refractivity contribution < 1.29 is 4.79 Å². The Balaban J connectivity index is 1.80. The fraction of sp³-hybridized carbons (Fsp3) is 0.625. The van der Waals surface area contributed by atoms with E-state index in [4.69, 9.17) is 0 Å². The molecule has 0 aromatic carbocycles. The Morgan fingerprint density at radius 2 is 2.18 bits per heavy atom. The Hall–Kier alpha value is -1.66. The third-order valence-electron chi connectivity index (χ3n) is 4.26. The van der Waals surface area contributed by atoms with Gasteiger partial charge in [-0.3, -0.25) is 14.6 Å². The van der Waals surface area contributed by atoms with E-state index in [0.717, 1.165) is 45.1 Å². The van der Waals surface area contributed by atoms with Crippen molar-refractivity contribution in [2.24, 2.45) is 0 Å². The molecule has 122 valence electrons. The number of carbonyl (C=O) groups excluding carboxylic acids is 1. The third kappa shape index (κ3) is 4.18. The van der Waals surface area contributed by atoms with Crippen LogP contribution in [0.15, 0.2) is 25.0 Å². The van der Waals surface area contributed by atoms with E-state index >= 15 is 0 Å². The number of carbonyl (C=O) groups is 1. The largest absolute Gasteiger partial charge is 0.351 e. The lowest BCUT2D eigenvalue weighted by atomic mass is 10.2. The molecule has 1 N–H and O–H groups in total. The first-order valence-corrected chi connectivity index (χ1v) is 8.00. The van der Waals surface area contributed by atoms with Crippen molar-refractivity contribution >= 4 is 5.91 Å². The molecule has 1 aromatic rings. The number of aryl methyl sites for hydroxylation is 1. The molecule has 0 unspecified atom stereocenters. The van der Waals surface area contributed by atoms with Gasteiger partial charge in [-0.1, -0.05) is 6.08 Å². The van der Waals surface area contributed by atoms with Gasteiger partial charge >= 0.3 is 0 Å². The van der Waals surface area contributed by atoms with E-state index in [2.05, 4.69) is 38.2 Å². The Kier molecular flexibility index (Phi) is 6.15. The van der Waals surface area contributed by atoms with Gasteiger partial charge in [-0.05, 0) is 13.8 Å². The van der Waals surface area contributed by atoms with Gasteiger partial charge in [0.1, 0.15) is 5.82 Å². The molecule has 2 heterocycles. The maximum Gasteiger partial charge on any atom is 0.237 e. The number of nitrogens with zero attached hydrogens (tertiary/aromatic N) is 4. The van der Waals surface area contributed by atoms with Crippen LogP contribution < -0.4 is 5.32 Å². The molecule has 6 nitrogen and oxygen atoms in total. The molecule has 1 aliphatic heterocycles. The van der Waals surface area contributed by atoms with Gasteiger partial charge in [-0.2, -0.15) is 0 Å². The molecule has 1 amide bonds. The average molecular weight is 305 g/mol. The zero-order valence-electron chi connectivity index (χ0n) is 13.7. The Labute approximate surface area is 132 Å². The number of hydrogen-bond acceptors (Lipinski definition) is 4. The SMILES string of the molecule is C=CCNC(=O)[C@@H](C)N1CCN(Cc2nccn2CC)CC1. The fourth-order valence-corrected chi connectivity index (χ4v) is 2.77. The molecule has 0 aliphatic carbocycles. The van der Waals surface area contributed by atoms with E-state index in [1.54, 1.807) is 6.08 Å². The zero-order valence-corrected chi connectivity index (χ0v) is 13.7. The van der Waals surface area contributed by atoms with Crippen LogP contribution in [-0.2, 0) is 17.9 Å². The summed E-state index contributed by atoms with van der Waals surface area (Å²) >= 11 is 0. The molecule has 1 fully saturated rings. The Morgan fingerprint density at radius 1 is 1.45 bits per heavy atom. The number of nitrogens with one attached hydrogen (secondary N) is 1. The molecule has 1 aromatic heterocycles. The van der Waals surface area contributed by atoms with Crippen LogP contribution in [0.3, 0.4) is 0 Å². The second kappa shape index (κ2) is 8.10. The summed E-state index contributed by atoms with van der Waals surface area (Å²) in [5.74, 6) is 1.20. The van der Waals surface area contributed by atoms with Crippen LogP contribution in [0.5, 0.6) is 0 Å². The number of piperazine rings is 1. The van der Waals surface area contributed by atoms with Gasteiger partial charge < -0.3 is 9.88 Å². The minimum atomic E-state index is -0.0836. The van der Waals surface area contributed by atoms with Gasteiger partial charge in [0, 0.05) is 51.7 Å². The molecular formula is C16H27N5O. The van der Waals surface area contributed by atoms with Crippen molar-refractivity contribution in [1.82, 2.24) is 24.7 Å². The topological polar surface area (TPSA) is 53.4 Å². The van der Waals surface area contributed by atoms with E-state index in [-0.39, 0.29) is 11.9 Å². The number of hydrogen-bond donors (Lipinski definition) is 1. The predicted molar refractivity (Wildman–Crippen MR) is 87.4 cm³/mol. The summed E-state index contributed by atoms with van der Waals surface area (Å²) in [4.78, 5) is 21.1. The van der Waals surface area contributed by atoms with Crippen LogP contribution in [0, 0.1) is 0 Å². The number of aromatic nitrogens is 2. The van der Waals surface area contributed by atoms with Gasteiger partial charge in [0.05, 0.1) is 12.6 Å². The van der Waals surface area contributed by atoms with Gasteiger partial charge in [0.15, 0.2) is 0 Å². The summed E-state index contributed by atoms with van der Waals surface area (Å²) < 4.78 is 2.18. The monoisotopic (exact) mass is 305 g/mol. The van der Waals surface area contributed by atoms with Crippen LogP contribution in [0.2, 0.25) is 0 Å². The molecule has 1 saturated heterocycles. The summed E-state index contributed by atoms with van der Waals surface area (Å²) in [6, 6.07) is -0.0836. The summed E-state index contributed by atoms with van der Waals surface area (Å²) in [7, 11) is 0. The molecule has 0 radical (unpaired) electrons. The molecule has 0 spiro atoms. The second-order valence-electron chi connectivity index (χ2n) is 5.65. The summed E-state index contributed by atoms with van der Waals surface area (Å²) in [6.45, 7) is 13.8. The van der Waals surface area contributed by atoms with Gasteiger partial charge in [0.25, 0.3) is 0 Å². The Bertz CT molecular complexity index is 490. The first-order chi connectivity index (χ1) is 10.7. The first-order valence-electron chi connectivity index (χ1n) is 8.00. The van der Waals surface area contributed by atoms with E-state index in [1.807, 2.05) is 19.3 Å². The van der Waals surface area contributed by atoms with Crippen molar-refractivity contribution in [3.63, 3.8) is 0 Å². The van der Waals surface area contributed by atoms with Gasteiger partial charge in [-0.15, -0.1) is 6.58 Å². The third-order valence-corrected chi connectivity index (χ3v) is 4.26. The molecule has 1 aliphatic rings. The minimum Gasteiger partial charge on any atom is -0.351 e. The van der Waals surface area contributed by atoms with Crippen LogP contribution in [0.25, 0.3) is 0 Å². The lowest BCUT2D eigenvalue weighted by Crippen LogP contribution is -2.53. The Morgan fingerprint density at radius 3 is 2.82 bits per heavy atom. The standard InChI is InChI=1S/C16H27N5O/c1-4-6-18-16(22)14(3)21-11-9-19(10-12-21)13-15-17-7-8-20(15)5-2/h4,7-8,14H,1,5-6,9-13H2,2-3H3,(H,18,22)/t14-/m1/s1. The average Bonchev–Trinajstić information content (AvgIpc) is 2.99. The lowest BCUT2D eigenvalue weighted by Gasteiger charge is -2.37. The second-order valence-corrected chi connectivity index (χ2v) is 5.65. The minimum absolute atomic E-state index is 0.0786. The van der Waals surface area contributed by atoms with Crippen molar-refractivity contribution in [1.29, 1.82) is 0 Å².